The molecule has 18 heavy (non-hydrogen) atoms. The van der Waals surface area contributed by atoms with Gasteiger partial charge < -0.3 is 15.8 Å². The first kappa shape index (κ1) is 13.1. The molecule has 102 valence electrons. The number of amides is 1. The van der Waals surface area contributed by atoms with Gasteiger partial charge in [-0.15, -0.1) is 0 Å². The third-order valence-corrected chi connectivity index (χ3v) is 4.01. The third kappa shape index (κ3) is 2.75. The van der Waals surface area contributed by atoms with E-state index in [1.54, 1.807) is 0 Å². The maximum atomic E-state index is 12.2. The normalized spacial score (nSPS) is 28.2. The second kappa shape index (κ2) is 4.76. The highest BCUT2D eigenvalue weighted by Gasteiger charge is 2.52. The summed E-state index contributed by atoms with van der Waals surface area (Å²) < 4.78 is 0. The van der Waals surface area contributed by atoms with Gasteiger partial charge in [-0.3, -0.25) is 9.69 Å². The quantitative estimate of drug-likeness (QED) is 0.319. The first-order valence-corrected chi connectivity index (χ1v) is 6.41. The molecule has 1 saturated heterocycles. The van der Waals surface area contributed by atoms with E-state index in [9.17, 15) is 4.79 Å². The largest absolute Gasteiger partial charge is 0.409 e. The smallest absolute Gasteiger partial charge is 0.226 e. The minimum atomic E-state index is 0.197. The van der Waals surface area contributed by atoms with Gasteiger partial charge in [-0.2, -0.15) is 0 Å². The van der Waals surface area contributed by atoms with E-state index in [0.29, 0.717) is 12.5 Å². The van der Waals surface area contributed by atoms with Crippen molar-refractivity contribution in [1.82, 2.24) is 9.80 Å². The van der Waals surface area contributed by atoms with Crippen LogP contribution in [0.2, 0.25) is 0 Å². The van der Waals surface area contributed by atoms with Gasteiger partial charge in [0.25, 0.3) is 0 Å². The van der Waals surface area contributed by atoms with Crippen LogP contribution in [0.5, 0.6) is 0 Å². The Morgan fingerprint density at radius 3 is 2.39 bits per heavy atom. The van der Waals surface area contributed by atoms with E-state index in [1.165, 1.54) is 0 Å². The van der Waals surface area contributed by atoms with Gasteiger partial charge >= 0.3 is 0 Å². The molecular formula is C12H22N4O2. The highest BCUT2D eigenvalue weighted by Crippen LogP contribution is 2.52. The average molecular weight is 254 g/mol. The molecule has 6 nitrogen and oxygen atoms in total. The van der Waals surface area contributed by atoms with Crippen LogP contribution < -0.4 is 5.73 Å². The predicted molar refractivity (Wildman–Crippen MR) is 68.3 cm³/mol. The van der Waals surface area contributed by atoms with Crippen LogP contribution >= 0.6 is 0 Å². The van der Waals surface area contributed by atoms with Crippen LogP contribution in [0, 0.1) is 11.3 Å². The monoisotopic (exact) mass is 254 g/mol. The van der Waals surface area contributed by atoms with E-state index in [1.807, 2.05) is 4.90 Å². The highest BCUT2D eigenvalue weighted by molar-refractivity contribution is 5.83. The summed E-state index contributed by atoms with van der Waals surface area (Å²) in [7, 11) is 0. The minimum Gasteiger partial charge on any atom is -0.409 e. The van der Waals surface area contributed by atoms with Crippen molar-refractivity contribution in [3.05, 3.63) is 0 Å². The lowest BCUT2D eigenvalue weighted by Crippen LogP contribution is -2.51. The van der Waals surface area contributed by atoms with E-state index < -0.39 is 0 Å². The van der Waals surface area contributed by atoms with Crippen LogP contribution in [0.1, 0.15) is 20.3 Å². The maximum absolute atomic E-state index is 12.2. The Morgan fingerprint density at radius 2 is 1.94 bits per heavy atom. The molecule has 1 unspecified atom stereocenters. The molecule has 6 heteroatoms. The van der Waals surface area contributed by atoms with Crippen molar-refractivity contribution in [2.75, 3.05) is 32.7 Å². The molecule has 0 aromatic carbocycles. The Bertz CT molecular complexity index is 359. The van der Waals surface area contributed by atoms with Gasteiger partial charge in [0.05, 0.1) is 6.54 Å². The number of nitrogens with two attached hydrogens (primary N) is 1. The van der Waals surface area contributed by atoms with Crippen LogP contribution in [-0.2, 0) is 4.79 Å². The molecule has 1 amide bonds. The number of carbonyl (C=O) groups is 1. The van der Waals surface area contributed by atoms with Gasteiger partial charge in [-0.1, -0.05) is 19.0 Å². The standard InChI is InChI=1S/C12H22N4O2/c1-12(2)7-9(12)11(17)16-5-3-15(4-6-16)8-10(13)14-18/h9,18H,3-8H2,1-2H3,(H2,13,14). The van der Waals surface area contributed by atoms with E-state index in [-0.39, 0.29) is 17.2 Å². The van der Waals surface area contributed by atoms with Crippen molar-refractivity contribution in [1.29, 1.82) is 0 Å². The van der Waals surface area contributed by atoms with E-state index in [0.717, 1.165) is 32.6 Å². The van der Waals surface area contributed by atoms with Crippen molar-refractivity contribution < 1.29 is 10.0 Å². The van der Waals surface area contributed by atoms with Crippen LogP contribution in [0.25, 0.3) is 0 Å². The van der Waals surface area contributed by atoms with Crippen LogP contribution in [0.4, 0.5) is 0 Å². The molecule has 1 saturated carbocycles. The molecule has 1 atom stereocenters. The number of nitrogens with zero attached hydrogens (tertiary/aromatic N) is 3. The Labute approximate surface area is 107 Å². The van der Waals surface area contributed by atoms with Gasteiger partial charge in [0, 0.05) is 32.1 Å². The van der Waals surface area contributed by atoms with Gasteiger partial charge in [0.15, 0.2) is 5.84 Å². The fourth-order valence-electron chi connectivity index (χ4n) is 2.50. The molecule has 1 aliphatic carbocycles. The van der Waals surface area contributed by atoms with Crippen molar-refractivity contribution in [3.8, 4) is 0 Å². The molecule has 0 aromatic heterocycles. The summed E-state index contributed by atoms with van der Waals surface area (Å²) in [6.45, 7) is 7.81. The zero-order valence-corrected chi connectivity index (χ0v) is 11.1. The minimum absolute atomic E-state index is 0.197. The lowest BCUT2D eigenvalue weighted by atomic mass is 10.1. The number of rotatable bonds is 3. The maximum Gasteiger partial charge on any atom is 0.226 e. The zero-order valence-electron chi connectivity index (χ0n) is 11.1. The van der Waals surface area contributed by atoms with Crippen molar-refractivity contribution in [3.63, 3.8) is 0 Å². The molecule has 0 bridgehead atoms. The second-order valence-electron chi connectivity index (χ2n) is 5.94. The Balaban J connectivity index is 1.79. The van der Waals surface area contributed by atoms with Crippen LogP contribution in [-0.4, -0.2) is 59.5 Å². The molecule has 0 aromatic rings. The topological polar surface area (TPSA) is 82.2 Å². The first-order chi connectivity index (χ1) is 8.44. The molecule has 0 spiro atoms. The van der Waals surface area contributed by atoms with Gasteiger partial charge in [-0.05, 0) is 11.8 Å². The van der Waals surface area contributed by atoms with Gasteiger partial charge in [0.1, 0.15) is 0 Å². The van der Waals surface area contributed by atoms with E-state index in [2.05, 4.69) is 23.9 Å². The number of piperazine rings is 1. The Morgan fingerprint density at radius 1 is 1.39 bits per heavy atom. The summed E-state index contributed by atoms with van der Waals surface area (Å²) in [5.41, 5.74) is 5.67. The molecule has 2 fully saturated rings. The fourth-order valence-corrected chi connectivity index (χ4v) is 2.50. The summed E-state index contributed by atoms with van der Waals surface area (Å²) in [6.07, 6.45) is 1.01. The molecular weight excluding hydrogens is 232 g/mol. The number of amidine groups is 1. The van der Waals surface area contributed by atoms with Crippen molar-refractivity contribution in [2.45, 2.75) is 20.3 Å². The van der Waals surface area contributed by atoms with Crippen LogP contribution in [0.15, 0.2) is 5.16 Å². The second-order valence-corrected chi connectivity index (χ2v) is 5.94. The lowest BCUT2D eigenvalue weighted by molar-refractivity contribution is -0.134. The predicted octanol–water partition coefficient (Wildman–Crippen LogP) is -0.0769. The number of hydrogen-bond acceptors (Lipinski definition) is 4. The zero-order chi connectivity index (χ0) is 13.3. The SMILES string of the molecule is CC1(C)CC1C(=O)N1CCN(CC(N)=NO)CC1. The lowest BCUT2D eigenvalue weighted by Gasteiger charge is -2.34. The van der Waals surface area contributed by atoms with E-state index in [4.69, 9.17) is 10.9 Å². The Hall–Kier alpha value is -1.30. The summed E-state index contributed by atoms with van der Waals surface area (Å²) in [5.74, 6) is 0.731. The molecule has 1 heterocycles. The summed E-state index contributed by atoms with van der Waals surface area (Å²) in [4.78, 5) is 16.2. The molecule has 0 radical (unpaired) electrons. The summed E-state index contributed by atoms with van der Waals surface area (Å²) in [5, 5.41) is 11.5. The number of oxime groups is 1. The molecule has 2 aliphatic rings. The van der Waals surface area contributed by atoms with Gasteiger partial charge in [0.2, 0.25) is 5.91 Å². The van der Waals surface area contributed by atoms with Crippen molar-refractivity contribution in [2.24, 2.45) is 22.2 Å². The number of carbonyl (C=O) groups excluding carboxylic acids is 1. The molecule has 3 N–H and O–H groups in total. The molecule has 2 rings (SSSR count). The summed E-state index contributed by atoms with van der Waals surface area (Å²) in [6, 6.07) is 0. The van der Waals surface area contributed by atoms with Crippen molar-refractivity contribution >= 4 is 11.7 Å². The molecule has 1 aliphatic heterocycles. The Kier molecular flexibility index (Phi) is 3.47. The van der Waals surface area contributed by atoms with Gasteiger partial charge in [-0.25, -0.2) is 0 Å². The highest BCUT2D eigenvalue weighted by atomic mass is 16.4. The van der Waals surface area contributed by atoms with Crippen LogP contribution in [0.3, 0.4) is 0 Å². The van der Waals surface area contributed by atoms with E-state index >= 15 is 0 Å². The first-order valence-electron chi connectivity index (χ1n) is 6.41. The third-order valence-electron chi connectivity index (χ3n) is 4.01. The average Bonchev–Trinajstić information content (AvgIpc) is 2.98. The number of hydrogen-bond donors (Lipinski definition) is 2. The summed E-state index contributed by atoms with van der Waals surface area (Å²) >= 11 is 0. The fraction of sp³-hybridized carbons (Fsp3) is 0.833.